The minimum Gasteiger partial charge on any atom is -0.489 e. The van der Waals surface area contributed by atoms with Gasteiger partial charge in [0.15, 0.2) is 0 Å². The molecular weight excluding hydrogens is 494 g/mol. The lowest BCUT2D eigenvalue weighted by molar-refractivity contribution is -0.135. The third-order valence-electron chi connectivity index (χ3n) is 7.95. The molecule has 0 spiro atoms. The maximum atomic E-state index is 12.7. The highest BCUT2D eigenvalue weighted by atomic mass is 16.5. The quantitative estimate of drug-likeness (QED) is 0.460. The van der Waals surface area contributed by atoms with Crippen LogP contribution in [0.15, 0.2) is 48.5 Å². The van der Waals surface area contributed by atoms with Crippen LogP contribution in [0.1, 0.15) is 66.9 Å². The number of esters is 1. The van der Waals surface area contributed by atoms with Crippen molar-refractivity contribution in [1.29, 1.82) is 0 Å². The third-order valence-corrected chi connectivity index (χ3v) is 7.95. The molecule has 1 saturated heterocycles. The molecule has 8 nitrogen and oxygen atoms in total. The van der Waals surface area contributed by atoms with E-state index < -0.39 is 0 Å². The molecule has 1 saturated carbocycles. The van der Waals surface area contributed by atoms with Gasteiger partial charge < -0.3 is 19.7 Å². The zero-order valence-corrected chi connectivity index (χ0v) is 23.2. The number of amides is 2. The maximum Gasteiger partial charge on any atom is 0.337 e. The SMILES string of the molecule is COC(=O)c1ccc(COc2ccccc2CN2CCN(C(=O)CNC(=O)CC3(C)CCCCC3)CC2)cc1. The zero-order valence-electron chi connectivity index (χ0n) is 23.2. The topological polar surface area (TPSA) is 88.2 Å². The summed E-state index contributed by atoms with van der Waals surface area (Å²) in [5, 5.41) is 2.87. The van der Waals surface area contributed by atoms with Gasteiger partial charge in [-0.25, -0.2) is 4.79 Å². The number of piperazine rings is 1. The number of nitrogens with one attached hydrogen (secondary N) is 1. The first-order valence-corrected chi connectivity index (χ1v) is 14.0. The summed E-state index contributed by atoms with van der Waals surface area (Å²) in [6, 6.07) is 15.2. The molecule has 4 rings (SSSR count). The summed E-state index contributed by atoms with van der Waals surface area (Å²) in [5.41, 5.74) is 2.64. The van der Waals surface area contributed by atoms with Crippen molar-refractivity contribution in [2.24, 2.45) is 5.41 Å². The number of carbonyl (C=O) groups is 3. The molecule has 2 aromatic carbocycles. The normalized spacial score (nSPS) is 17.3. The molecule has 0 radical (unpaired) electrons. The summed E-state index contributed by atoms with van der Waals surface area (Å²) < 4.78 is 10.9. The van der Waals surface area contributed by atoms with E-state index in [-0.39, 0.29) is 29.7 Å². The number of rotatable bonds is 10. The van der Waals surface area contributed by atoms with Gasteiger partial charge in [0, 0.05) is 44.7 Å². The molecule has 1 heterocycles. The van der Waals surface area contributed by atoms with E-state index in [1.165, 1.54) is 26.4 Å². The van der Waals surface area contributed by atoms with E-state index in [2.05, 4.69) is 23.2 Å². The molecule has 1 aliphatic heterocycles. The number of hydrogen-bond donors (Lipinski definition) is 1. The lowest BCUT2D eigenvalue weighted by atomic mass is 9.73. The Hall–Kier alpha value is -3.39. The molecule has 1 N–H and O–H groups in total. The summed E-state index contributed by atoms with van der Waals surface area (Å²) in [6.45, 7) is 6.21. The Labute approximate surface area is 231 Å². The van der Waals surface area contributed by atoms with Gasteiger partial charge in [0.25, 0.3) is 0 Å². The van der Waals surface area contributed by atoms with Gasteiger partial charge in [-0.05, 0) is 42.0 Å². The van der Waals surface area contributed by atoms with Gasteiger partial charge >= 0.3 is 5.97 Å². The average Bonchev–Trinajstić information content (AvgIpc) is 2.96. The molecular formula is C31H41N3O5. The van der Waals surface area contributed by atoms with E-state index in [1.807, 2.05) is 35.2 Å². The van der Waals surface area contributed by atoms with Crippen LogP contribution >= 0.6 is 0 Å². The van der Waals surface area contributed by atoms with Crippen molar-refractivity contribution in [2.75, 3.05) is 39.8 Å². The highest BCUT2D eigenvalue weighted by Gasteiger charge is 2.30. The Balaban J connectivity index is 1.21. The van der Waals surface area contributed by atoms with Crippen LogP contribution in [0, 0.1) is 5.41 Å². The van der Waals surface area contributed by atoms with Gasteiger partial charge in [0.1, 0.15) is 12.4 Å². The molecule has 0 bridgehead atoms. The highest BCUT2D eigenvalue weighted by Crippen LogP contribution is 2.38. The Morgan fingerprint density at radius 3 is 2.31 bits per heavy atom. The average molecular weight is 536 g/mol. The fourth-order valence-corrected chi connectivity index (χ4v) is 5.51. The summed E-state index contributed by atoms with van der Waals surface area (Å²) in [7, 11) is 1.37. The number of hydrogen-bond acceptors (Lipinski definition) is 6. The smallest absolute Gasteiger partial charge is 0.337 e. The van der Waals surface area contributed by atoms with E-state index in [0.717, 1.165) is 49.4 Å². The monoisotopic (exact) mass is 535 g/mol. The Morgan fingerprint density at radius 2 is 1.62 bits per heavy atom. The Kier molecular flexibility index (Phi) is 9.98. The molecule has 2 aromatic rings. The van der Waals surface area contributed by atoms with Crippen molar-refractivity contribution < 1.29 is 23.9 Å². The van der Waals surface area contributed by atoms with Gasteiger partial charge in [0.2, 0.25) is 11.8 Å². The number of nitrogens with zero attached hydrogens (tertiary/aromatic N) is 2. The van der Waals surface area contributed by atoms with Gasteiger partial charge in [0.05, 0.1) is 19.2 Å². The number of ether oxygens (including phenoxy) is 2. The van der Waals surface area contributed by atoms with E-state index in [9.17, 15) is 14.4 Å². The molecule has 1 aliphatic carbocycles. The molecule has 0 atom stereocenters. The lowest BCUT2D eigenvalue weighted by Crippen LogP contribution is -2.51. The summed E-state index contributed by atoms with van der Waals surface area (Å²) in [6.07, 6.45) is 6.33. The van der Waals surface area contributed by atoms with E-state index in [1.54, 1.807) is 12.1 Å². The first-order chi connectivity index (χ1) is 18.8. The standard InChI is InChI=1S/C31H41N3O5/c1-31(14-6-3-7-15-31)20-28(35)32-21-29(36)34-18-16-33(17-19-34)22-26-8-4-5-9-27(26)39-23-24-10-12-25(13-11-24)30(37)38-2/h4-5,8-13H,3,6-7,14-23H2,1-2H3,(H,32,35). The van der Waals surface area contributed by atoms with Crippen molar-refractivity contribution >= 4 is 17.8 Å². The second-order valence-electron chi connectivity index (χ2n) is 11.1. The van der Waals surface area contributed by atoms with E-state index in [0.29, 0.717) is 31.7 Å². The number of benzene rings is 2. The molecule has 8 heteroatoms. The minimum atomic E-state index is -0.358. The maximum absolute atomic E-state index is 12.7. The van der Waals surface area contributed by atoms with Crippen LogP contribution in [-0.4, -0.2) is 67.4 Å². The largest absolute Gasteiger partial charge is 0.489 e. The lowest BCUT2D eigenvalue weighted by Gasteiger charge is -2.35. The van der Waals surface area contributed by atoms with Gasteiger partial charge in [-0.15, -0.1) is 0 Å². The van der Waals surface area contributed by atoms with Crippen LogP contribution in [0.4, 0.5) is 0 Å². The van der Waals surface area contributed by atoms with Crippen LogP contribution < -0.4 is 10.1 Å². The highest BCUT2D eigenvalue weighted by molar-refractivity contribution is 5.89. The molecule has 0 aromatic heterocycles. The zero-order chi connectivity index (χ0) is 27.7. The van der Waals surface area contributed by atoms with Crippen molar-refractivity contribution in [2.45, 2.75) is 58.6 Å². The van der Waals surface area contributed by atoms with E-state index in [4.69, 9.17) is 9.47 Å². The number of para-hydroxylation sites is 1. The molecule has 210 valence electrons. The molecule has 39 heavy (non-hydrogen) atoms. The van der Waals surface area contributed by atoms with Gasteiger partial charge in [-0.3, -0.25) is 14.5 Å². The molecule has 2 amide bonds. The van der Waals surface area contributed by atoms with E-state index >= 15 is 0 Å². The summed E-state index contributed by atoms with van der Waals surface area (Å²) >= 11 is 0. The van der Waals surface area contributed by atoms with Crippen LogP contribution in [-0.2, 0) is 27.5 Å². The second-order valence-corrected chi connectivity index (χ2v) is 11.1. The fourth-order valence-electron chi connectivity index (χ4n) is 5.51. The minimum absolute atomic E-state index is 0.0117. The predicted molar refractivity (Wildman–Crippen MR) is 149 cm³/mol. The van der Waals surface area contributed by atoms with Crippen LogP contribution in [0.25, 0.3) is 0 Å². The van der Waals surface area contributed by atoms with Gasteiger partial charge in [-0.2, -0.15) is 0 Å². The first kappa shape index (κ1) is 28.6. The summed E-state index contributed by atoms with van der Waals surface area (Å²) in [4.78, 5) is 41.0. The Morgan fingerprint density at radius 1 is 0.923 bits per heavy atom. The van der Waals surface area contributed by atoms with Crippen molar-refractivity contribution in [3.05, 3.63) is 65.2 Å². The van der Waals surface area contributed by atoms with Crippen LogP contribution in [0.3, 0.4) is 0 Å². The molecule has 0 unspecified atom stereocenters. The molecule has 2 aliphatic rings. The van der Waals surface area contributed by atoms with Crippen molar-refractivity contribution in [1.82, 2.24) is 15.1 Å². The number of methoxy groups -OCH3 is 1. The first-order valence-electron chi connectivity index (χ1n) is 14.0. The van der Waals surface area contributed by atoms with Crippen molar-refractivity contribution in [3.8, 4) is 5.75 Å². The fraction of sp³-hybridized carbons (Fsp3) is 0.516. The second kappa shape index (κ2) is 13.6. The van der Waals surface area contributed by atoms with Crippen LogP contribution in [0.2, 0.25) is 0 Å². The van der Waals surface area contributed by atoms with Crippen LogP contribution in [0.5, 0.6) is 5.75 Å². The van der Waals surface area contributed by atoms with Gasteiger partial charge in [-0.1, -0.05) is 56.5 Å². The Bertz CT molecular complexity index is 1120. The predicted octanol–water partition coefficient (Wildman–Crippen LogP) is 4.17. The number of carbonyl (C=O) groups excluding carboxylic acids is 3. The summed E-state index contributed by atoms with van der Waals surface area (Å²) in [5.74, 6) is 0.437. The third kappa shape index (κ3) is 8.30. The van der Waals surface area contributed by atoms with Crippen molar-refractivity contribution in [3.63, 3.8) is 0 Å². The molecule has 2 fully saturated rings.